The lowest BCUT2D eigenvalue weighted by molar-refractivity contribution is 0.580. The minimum absolute atomic E-state index is 0.336. The van der Waals surface area contributed by atoms with Crippen molar-refractivity contribution < 1.29 is 8.42 Å². The van der Waals surface area contributed by atoms with Crippen LogP contribution in [0.5, 0.6) is 0 Å². The van der Waals surface area contributed by atoms with E-state index in [1.54, 1.807) is 24.3 Å². The molecule has 1 atom stereocenters. The molecule has 0 spiro atoms. The first-order valence-corrected chi connectivity index (χ1v) is 7.21. The summed E-state index contributed by atoms with van der Waals surface area (Å²) in [6.07, 6.45) is 7.68. The maximum atomic E-state index is 12.3. The van der Waals surface area contributed by atoms with Crippen molar-refractivity contribution in [1.82, 2.24) is 0 Å². The van der Waals surface area contributed by atoms with Crippen molar-refractivity contribution in [2.24, 2.45) is 0 Å². The van der Waals surface area contributed by atoms with Gasteiger partial charge in [-0.15, -0.1) is 0 Å². The molecule has 1 aliphatic rings. The standard InChI is InChI=1S/C13H16O2S/c14-16(15,13-10-6-3-7-11-13)12-8-4-1-2-5-9-12/h3-4,6-8,10-12H,1-2,5,9H2. The molecule has 1 aromatic rings. The third kappa shape index (κ3) is 2.35. The van der Waals surface area contributed by atoms with E-state index in [9.17, 15) is 8.42 Å². The van der Waals surface area contributed by atoms with Crippen molar-refractivity contribution in [2.45, 2.75) is 35.8 Å². The van der Waals surface area contributed by atoms with Crippen LogP contribution in [-0.2, 0) is 9.84 Å². The maximum absolute atomic E-state index is 12.3. The zero-order valence-electron chi connectivity index (χ0n) is 9.17. The minimum atomic E-state index is -3.17. The number of allylic oxidation sites excluding steroid dienone is 1. The van der Waals surface area contributed by atoms with Crippen LogP contribution < -0.4 is 0 Å². The van der Waals surface area contributed by atoms with Gasteiger partial charge >= 0.3 is 0 Å². The summed E-state index contributed by atoms with van der Waals surface area (Å²) < 4.78 is 24.6. The Morgan fingerprint density at radius 1 is 1.06 bits per heavy atom. The highest BCUT2D eigenvalue weighted by atomic mass is 32.2. The lowest BCUT2D eigenvalue weighted by Crippen LogP contribution is -2.18. The molecular weight excluding hydrogens is 220 g/mol. The fraction of sp³-hybridized carbons (Fsp3) is 0.385. The third-order valence-corrected chi connectivity index (χ3v) is 5.05. The molecular formula is C13H16O2S. The molecule has 1 aliphatic carbocycles. The Balaban J connectivity index is 2.31. The normalized spacial score (nSPS) is 21.6. The second-order valence-corrected chi connectivity index (χ2v) is 6.28. The Morgan fingerprint density at radius 2 is 1.81 bits per heavy atom. The number of benzene rings is 1. The molecule has 0 aliphatic heterocycles. The van der Waals surface area contributed by atoms with E-state index in [0.717, 1.165) is 25.7 Å². The minimum Gasteiger partial charge on any atom is -0.223 e. The topological polar surface area (TPSA) is 34.1 Å². The highest BCUT2D eigenvalue weighted by Crippen LogP contribution is 2.23. The van der Waals surface area contributed by atoms with Crippen LogP contribution in [0.15, 0.2) is 47.4 Å². The molecule has 2 nitrogen and oxygen atoms in total. The Morgan fingerprint density at radius 3 is 2.56 bits per heavy atom. The number of sulfone groups is 1. The van der Waals surface area contributed by atoms with Gasteiger partial charge in [-0.05, 0) is 31.4 Å². The van der Waals surface area contributed by atoms with Gasteiger partial charge in [-0.1, -0.05) is 36.8 Å². The van der Waals surface area contributed by atoms with Gasteiger partial charge in [0.15, 0.2) is 9.84 Å². The average molecular weight is 236 g/mol. The predicted octanol–water partition coefficient (Wildman–Crippen LogP) is 2.96. The van der Waals surface area contributed by atoms with Crippen LogP contribution in [0.1, 0.15) is 25.7 Å². The summed E-state index contributed by atoms with van der Waals surface area (Å²) >= 11 is 0. The van der Waals surface area contributed by atoms with Gasteiger partial charge < -0.3 is 0 Å². The Bertz CT molecular complexity index is 460. The average Bonchev–Trinajstić information content (AvgIpc) is 2.59. The first kappa shape index (κ1) is 11.4. The summed E-state index contributed by atoms with van der Waals surface area (Å²) in [5, 5.41) is -0.336. The summed E-state index contributed by atoms with van der Waals surface area (Å²) in [4.78, 5) is 0.437. The molecule has 0 saturated carbocycles. The molecule has 0 saturated heterocycles. The van der Waals surface area contributed by atoms with Crippen molar-refractivity contribution >= 4 is 9.84 Å². The Labute approximate surface area is 96.9 Å². The van der Waals surface area contributed by atoms with Crippen LogP contribution in [0.2, 0.25) is 0 Å². The van der Waals surface area contributed by atoms with E-state index in [1.807, 2.05) is 18.2 Å². The largest absolute Gasteiger partial charge is 0.223 e. The lowest BCUT2D eigenvalue weighted by atomic mass is 10.2. The summed E-state index contributed by atoms with van der Waals surface area (Å²) in [6, 6.07) is 8.73. The van der Waals surface area contributed by atoms with Gasteiger partial charge in [0.2, 0.25) is 0 Å². The molecule has 0 fully saturated rings. The van der Waals surface area contributed by atoms with E-state index >= 15 is 0 Å². The highest BCUT2D eigenvalue weighted by Gasteiger charge is 2.25. The molecule has 86 valence electrons. The van der Waals surface area contributed by atoms with Gasteiger partial charge in [0.1, 0.15) is 0 Å². The molecule has 1 unspecified atom stereocenters. The first-order chi connectivity index (χ1) is 7.71. The van der Waals surface area contributed by atoms with E-state index in [0.29, 0.717) is 4.90 Å². The van der Waals surface area contributed by atoms with Crippen LogP contribution >= 0.6 is 0 Å². The summed E-state index contributed by atoms with van der Waals surface area (Å²) in [7, 11) is -3.17. The molecule has 16 heavy (non-hydrogen) atoms. The van der Waals surface area contributed by atoms with Gasteiger partial charge in [-0.2, -0.15) is 0 Å². The van der Waals surface area contributed by atoms with Gasteiger partial charge in [0, 0.05) is 0 Å². The van der Waals surface area contributed by atoms with Gasteiger partial charge in [-0.25, -0.2) is 8.42 Å². The van der Waals surface area contributed by atoms with Crippen LogP contribution in [-0.4, -0.2) is 13.7 Å². The third-order valence-electron chi connectivity index (χ3n) is 2.93. The molecule has 0 bridgehead atoms. The van der Waals surface area contributed by atoms with E-state index < -0.39 is 9.84 Å². The van der Waals surface area contributed by atoms with Gasteiger partial charge in [0.25, 0.3) is 0 Å². The molecule has 0 aromatic heterocycles. The summed E-state index contributed by atoms with van der Waals surface area (Å²) in [5.74, 6) is 0. The fourth-order valence-corrected chi connectivity index (χ4v) is 3.68. The zero-order valence-corrected chi connectivity index (χ0v) is 9.99. The van der Waals surface area contributed by atoms with Crippen molar-refractivity contribution in [3.8, 4) is 0 Å². The first-order valence-electron chi connectivity index (χ1n) is 5.67. The van der Waals surface area contributed by atoms with Crippen LogP contribution in [0.4, 0.5) is 0 Å². The lowest BCUT2D eigenvalue weighted by Gasteiger charge is -2.12. The number of hydrogen-bond acceptors (Lipinski definition) is 2. The van der Waals surface area contributed by atoms with Crippen molar-refractivity contribution in [3.05, 3.63) is 42.5 Å². The van der Waals surface area contributed by atoms with Gasteiger partial charge in [0.05, 0.1) is 10.1 Å². The SMILES string of the molecule is O=S(=O)(c1ccccc1)C1C=CCCCC1. The predicted molar refractivity (Wildman–Crippen MR) is 65.0 cm³/mol. The molecule has 0 N–H and O–H groups in total. The van der Waals surface area contributed by atoms with Crippen molar-refractivity contribution in [2.75, 3.05) is 0 Å². The second kappa shape index (κ2) is 4.83. The highest BCUT2D eigenvalue weighted by molar-refractivity contribution is 7.92. The Kier molecular flexibility index (Phi) is 3.44. The zero-order chi connectivity index (χ0) is 11.4. The Hall–Kier alpha value is -1.09. The summed E-state index contributed by atoms with van der Waals surface area (Å²) in [6.45, 7) is 0. The van der Waals surface area contributed by atoms with Crippen molar-refractivity contribution in [3.63, 3.8) is 0 Å². The number of hydrogen-bond donors (Lipinski definition) is 0. The summed E-state index contributed by atoms with van der Waals surface area (Å²) in [5.41, 5.74) is 0. The van der Waals surface area contributed by atoms with E-state index in [1.165, 1.54) is 0 Å². The molecule has 3 heteroatoms. The van der Waals surface area contributed by atoms with Crippen LogP contribution in [0.3, 0.4) is 0 Å². The van der Waals surface area contributed by atoms with E-state index in [2.05, 4.69) is 0 Å². The van der Waals surface area contributed by atoms with E-state index in [4.69, 9.17) is 0 Å². The molecule has 0 amide bonds. The van der Waals surface area contributed by atoms with Crippen LogP contribution in [0.25, 0.3) is 0 Å². The molecule has 1 aromatic carbocycles. The maximum Gasteiger partial charge on any atom is 0.184 e. The number of rotatable bonds is 2. The molecule has 2 rings (SSSR count). The quantitative estimate of drug-likeness (QED) is 0.740. The molecule has 0 heterocycles. The van der Waals surface area contributed by atoms with E-state index in [-0.39, 0.29) is 5.25 Å². The van der Waals surface area contributed by atoms with Crippen LogP contribution in [0, 0.1) is 0 Å². The van der Waals surface area contributed by atoms with Gasteiger partial charge in [-0.3, -0.25) is 0 Å². The second-order valence-electron chi connectivity index (χ2n) is 4.11. The smallest absolute Gasteiger partial charge is 0.184 e. The van der Waals surface area contributed by atoms with Crippen molar-refractivity contribution in [1.29, 1.82) is 0 Å². The fourth-order valence-electron chi connectivity index (χ4n) is 2.00. The monoisotopic (exact) mass is 236 g/mol. The molecule has 0 radical (unpaired) electrons.